The van der Waals surface area contributed by atoms with Crippen LogP contribution in [-0.4, -0.2) is 18.6 Å². The zero-order chi connectivity index (χ0) is 18.7. The van der Waals surface area contributed by atoms with Gasteiger partial charge in [-0.05, 0) is 50.3 Å². The first-order valence-corrected chi connectivity index (χ1v) is 12.0. The Morgan fingerprint density at radius 1 is 0.815 bits per heavy atom. The highest BCUT2D eigenvalue weighted by molar-refractivity contribution is 5.59. The van der Waals surface area contributed by atoms with E-state index < -0.39 is 0 Å². The minimum absolute atomic E-state index is 0.770. The second-order valence-electron chi connectivity index (χ2n) is 8.88. The van der Waals surface area contributed by atoms with Crippen LogP contribution in [-0.2, 0) is 0 Å². The number of benzene rings is 1. The van der Waals surface area contributed by atoms with Crippen molar-refractivity contribution in [3.8, 4) is 0 Å². The molecule has 0 radical (unpaired) electrons. The van der Waals surface area contributed by atoms with Gasteiger partial charge in [-0.2, -0.15) is 0 Å². The van der Waals surface area contributed by atoms with Gasteiger partial charge in [-0.15, -0.1) is 0 Å². The molecule has 3 rings (SSSR count). The second-order valence-corrected chi connectivity index (χ2v) is 8.88. The van der Waals surface area contributed by atoms with Gasteiger partial charge in [0.05, 0.1) is 0 Å². The monoisotopic (exact) mass is 370 g/mol. The normalized spacial score (nSPS) is 19.1. The standard InChI is InChI=1S/C25H42N2/c1-2-3-4-5-12-20-26-22-14-13-19-25(21-22)27(23-15-8-6-9-16-23)24-17-10-7-11-18-24/h13-14,19,21,23-24,26H,2-12,15-18,20H2,1H3. The molecular formula is C25H42N2. The number of nitrogens with zero attached hydrogens (tertiary/aromatic N) is 1. The first-order chi connectivity index (χ1) is 13.4. The van der Waals surface area contributed by atoms with Crippen LogP contribution in [0.1, 0.15) is 103 Å². The molecular weight excluding hydrogens is 328 g/mol. The lowest BCUT2D eigenvalue weighted by molar-refractivity contribution is 0.340. The minimum Gasteiger partial charge on any atom is -0.385 e. The summed E-state index contributed by atoms with van der Waals surface area (Å²) in [5, 5.41) is 3.70. The number of hydrogen-bond acceptors (Lipinski definition) is 2. The van der Waals surface area contributed by atoms with Crippen molar-refractivity contribution in [2.24, 2.45) is 0 Å². The fourth-order valence-corrected chi connectivity index (χ4v) is 5.18. The quantitative estimate of drug-likeness (QED) is 0.428. The SMILES string of the molecule is CCCCCCCNc1cccc(N(C2CCCCC2)C2CCCCC2)c1. The third-order valence-electron chi connectivity index (χ3n) is 6.69. The molecule has 0 heterocycles. The maximum absolute atomic E-state index is 3.70. The van der Waals surface area contributed by atoms with E-state index in [4.69, 9.17) is 0 Å². The van der Waals surface area contributed by atoms with Gasteiger partial charge in [0, 0.05) is 30.0 Å². The summed E-state index contributed by atoms with van der Waals surface area (Å²) in [5.41, 5.74) is 2.80. The van der Waals surface area contributed by atoms with Gasteiger partial charge in [0.25, 0.3) is 0 Å². The summed E-state index contributed by atoms with van der Waals surface area (Å²) in [6.07, 6.45) is 20.9. The molecule has 0 atom stereocenters. The molecule has 0 aliphatic heterocycles. The van der Waals surface area contributed by atoms with E-state index in [9.17, 15) is 0 Å². The summed E-state index contributed by atoms with van der Waals surface area (Å²) < 4.78 is 0. The Labute approximate surface area is 168 Å². The molecule has 2 nitrogen and oxygen atoms in total. The number of rotatable bonds is 10. The summed E-state index contributed by atoms with van der Waals surface area (Å²) >= 11 is 0. The Kier molecular flexibility index (Phi) is 8.84. The highest BCUT2D eigenvalue weighted by Gasteiger charge is 2.29. The predicted octanol–water partition coefficient (Wildman–Crippen LogP) is 7.54. The molecule has 2 saturated carbocycles. The summed E-state index contributed by atoms with van der Waals surface area (Å²) in [7, 11) is 0. The van der Waals surface area contributed by atoms with Gasteiger partial charge in [0.2, 0.25) is 0 Å². The van der Waals surface area contributed by atoms with Crippen LogP contribution in [0.15, 0.2) is 24.3 Å². The molecule has 0 aromatic heterocycles. The van der Waals surface area contributed by atoms with Crippen molar-refractivity contribution in [2.75, 3.05) is 16.8 Å². The molecule has 0 saturated heterocycles. The average Bonchev–Trinajstić information content (AvgIpc) is 2.73. The Morgan fingerprint density at radius 3 is 2.07 bits per heavy atom. The number of unbranched alkanes of at least 4 members (excludes halogenated alkanes) is 4. The fourth-order valence-electron chi connectivity index (χ4n) is 5.18. The van der Waals surface area contributed by atoms with Gasteiger partial charge in [0.15, 0.2) is 0 Å². The number of nitrogens with one attached hydrogen (secondary N) is 1. The van der Waals surface area contributed by atoms with E-state index >= 15 is 0 Å². The molecule has 27 heavy (non-hydrogen) atoms. The van der Waals surface area contributed by atoms with Crippen molar-refractivity contribution < 1.29 is 0 Å². The maximum atomic E-state index is 3.70. The largest absolute Gasteiger partial charge is 0.385 e. The van der Waals surface area contributed by atoms with Gasteiger partial charge in [-0.3, -0.25) is 0 Å². The minimum atomic E-state index is 0.770. The zero-order valence-electron chi connectivity index (χ0n) is 17.7. The van der Waals surface area contributed by atoms with Crippen LogP contribution in [0.3, 0.4) is 0 Å². The van der Waals surface area contributed by atoms with Crippen molar-refractivity contribution in [1.82, 2.24) is 0 Å². The number of hydrogen-bond donors (Lipinski definition) is 1. The lowest BCUT2D eigenvalue weighted by Crippen LogP contribution is -2.45. The van der Waals surface area contributed by atoms with Gasteiger partial charge < -0.3 is 10.2 Å². The Balaban J connectivity index is 1.62. The summed E-state index contributed by atoms with van der Waals surface area (Å²) in [4.78, 5) is 2.85. The first kappa shape index (κ1) is 20.6. The summed E-state index contributed by atoms with van der Waals surface area (Å²) in [5.74, 6) is 0. The van der Waals surface area contributed by atoms with Gasteiger partial charge in [-0.25, -0.2) is 0 Å². The smallest absolute Gasteiger partial charge is 0.0391 e. The molecule has 2 fully saturated rings. The molecule has 0 unspecified atom stereocenters. The van der Waals surface area contributed by atoms with E-state index in [1.54, 1.807) is 0 Å². The van der Waals surface area contributed by atoms with Gasteiger partial charge in [-0.1, -0.05) is 77.2 Å². The van der Waals surface area contributed by atoms with E-state index in [1.807, 2.05) is 0 Å². The van der Waals surface area contributed by atoms with Crippen molar-refractivity contribution in [2.45, 2.75) is 115 Å². The highest BCUT2D eigenvalue weighted by atomic mass is 15.2. The lowest BCUT2D eigenvalue weighted by atomic mass is 9.88. The molecule has 1 aromatic carbocycles. The Bertz CT molecular complexity index is 497. The third-order valence-corrected chi connectivity index (χ3v) is 6.69. The zero-order valence-corrected chi connectivity index (χ0v) is 17.7. The van der Waals surface area contributed by atoms with Crippen LogP contribution in [0, 0.1) is 0 Å². The molecule has 2 aliphatic carbocycles. The molecule has 1 N–H and O–H groups in total. The van der Waals surface area contributed by atoms with Gasteiger partial charge >= 0.3 is 0 Å². The summed E-state index contributed by atoms with van der Waals surface area (Å²) in [6, 6.07) is 10.9. The van der Waals surface area contributed by atoms with E-state index in [2.05, 4.69) is 41.4 Å². The molecule has 2 heteroatoms. The first-order valence-electron chi connectivity index (χ1n) is 12.0. The second kappa shape index (κ2) is 11.6. The fraction of sp³-hybridized carbons (Fsp3) is 0.760. The van der Waals surface area contributed by atoms with E-state index in [-0.39, 0.29) is 0 Å². The predicted molar refractivity (Wildman–Crippen MR) is 120 cm³/mol. The molecule has 152 valence electrons. The van der Waals surface area contributed by atoms with Crippen molar-refractivity contribution in [1.29, 1.82) is 0 Å². The Morgan fingerprint density at radius 2 is 1.44 bits per heavy atom. The van der Waals surface area contributed by atoms with Crippen molar-refractivity contribution >= 4 is 11.4 Å². The van der Waals surface area contributed by atoms with Crippen molar-refractivity contribution in [3.63, 3.8) is 0 Å². The molecule has 0 spiro atoms. The number of anilines is 2. The van der Waals surface area contributed by atoms with E-state index in [0.717, 1.165) is 18.6 Å². The Hall–Kier alpha value is -1.18. The molecule has 0 bridgehead atoms. The lowest BCUT2D eigenvalue weighted by Gasteiger charge is -2.43. The van der Waals surface area contributed by atoms with Crippen LogP contribution in [0.2, 0.25) is 0 Å². The van der Waals surface area contributed by atoms with E-state index in [1.165, 1.54) is 108 Å². The van der Waals surface area contributed by atoms with Crippen LogP contribution in [0.4, 0.5) is 11.4 Å². The molecule has 1 aromatic rings. The van der Waals surface area contributed by atoms with Crippen molar-refractivity contribution in [3.05, 3.63) is 24.3 Å². The average molecular weight is 371 g/mol. The van der Waals surface area contributed by atoms with Crippen LogP contribution < -0.4 is 10.2 Å². The van der Waals surface area contributed by atoms with Crippen LogP contribution in [0.5, 0.6) is 0 Å². The molecule has 2 aliphatic rings. The van der Waals surface area contributed by atoms with Gasteiger partial charge in [0.1, 0.15) is 0 Å². The maximum Gasteiger partial charge on any atom is 0.0391 e. The topological polar surface area (TPSA) is 15.3 Å². The van der Waals surface area contributed by atoms with Crippen LogP contribution >= 0.6 is 0 Å². The summed E-state index contributed by atoms with van der Waals surface area (Å²) in [6.45, 7) is 3.40. The highest BCUT2D eigenvalue weighted by Crippen LogP contribution is 2.35. The molecule has 0 amide bonds. The van der Waals surface area contributed by atoms with Crippen LogP contribution in [0.25, 0.3) is 0 Å². The van der Waals surface area contributed by atoms with E-state index in [0.29, 0.717) is 0 Å². The third kappa shape index (κ3) is 6.43.